The number of ether oxygens (including phenoxy) is 4. The Kier molecular flexibility index (Phi) is 58.3. The van der Waals surface area contributed by atoms with Crippen LogP contribution in [0.1, 0.15) is 296 Å². The number of hydrogen-bond acceptors (Lipinski definition) is 8. The predicted octanol–water partition coefficient (Wildman–Crippen LogP) is 18.8. The number of esters is 2. The van der Waals surface area contributed by atoms with Gasteiger partial charge in [-0.05, 0) is 64.2 Å². The summed E-state index contributed by atoms with van der Waals surface area (Å²) in [4.78, 5) is 37.4. The fourth-order valence-corrected chi connectivity index (χ4v) is 9.43. The molecule has 79 heavy (non-hydrogen) atoms. The first-order valence-electron chi connectivity index (χ1n) is 33.1. The van der Waals surface area contributed by atoms with E-state index in [9.17, 15) is 19.5 Å². The summed E-state index contributed by atoms with van der Waals surface area (Å²) in [5.74, 6) is -2.27. The lowest BCUT2D eigenvalue weighted by molar-refractivity contribution is -0.870. The fraction of sp³-hybridized carbons (Fsp3) is 0.786. The van der Waals surface area contributed by atoms with Gasteiger partial charge in [-0.15, -0.1) is 0 Å². The van der Waals surface area contributed by atoms with Gasteiger partial charge in [0.1, 0.15) is 13.2 Å². The molecule has 9 nitrogen and oxygen atoms in total. The van der Waals surface area contributed by atoms with Crippen LogP contribution in [0.5, 0.6) is 0 Å². The maximum absolute atomic E-state index is 12.9. The van der Waals surface area contributed by atoms with E-state index >= 15 is 0 Å². The van der Waals surface area contributed by atoms with E-state index in [4.69, 9.17) is 18.9 Å². The van der Waals surface area contributed by atoms with Gasteiger partial charge in [-0.1, -0.05) is 292 Å². The maximum Gasteiger partial charge on any atom is 0.306 e. The Labute approximate surface area is 487 Å². The second kappa shape index (κ2) is 60.8. The number of carbonyl (C=O) groups is 3. The first-order chi connectivity index (χ1) is 38.6. The molecule has 0 fully saturated rings. The lowest BCUT2D eigenvalue weighted by Gasteiger charge is -2.26. The third kappa shape index (κ3) is 62.2. The van der Waals surface area contributed by atoms with Gasteiger partial charge in [0.2, 0.25) is 0 Å². The van der Waals surface area contributed by atoms with Gasteiger partial charge in [-0.25, -0.2) is 0 Å². The Bertz CT molecular complexity index is 1520. The van der Waals surface area contributed by atoms with E-state index in [2.05, 4.69) is 86.8 Å². The number of likely N-dealkylation sites (N-methyl/N-ethyl adjacent to an activating group) is 1. The number of quaternary nitrogens is 1. The molecule has 0 heterocycles. The van der Waals surface area contributed by atoms with E-state index in [1.54, 1.807) is 0 Å². The molecule has 0 aromatic carbocycles. The molecule has 0 aliphatic rings. The van der Waals surface area contributed by atoms with Crippen molar-refractivity contribution in [3.05, 3.63) is 72.9 Å². The Morgan fingerprint density at radius 3 is 1.08 bits per heavy atom. The topological polar surface area (TPSA) is 111 Å². The molecule has 9 heteroatoms. The minimum absolute atomic E-state index is 0.147. The molecule has 0 rings (SSSR count). The quantitative estimate of drug-likeness (QED) is 0.0195. The first-order valence-corrected chi connectivity index (χ1v) is 33.1. The Balaban J connectivity index is 4.15. The molecule has 458 valence electrons. The summed E-state index contributed by atoms with van der Waals surface area (Å²) in [6.45, 7) is 4.67. The second-order valence-electron chi connectivity index (χ2n) is 23.4. The van der Waals surface area contributed by atoms with Gasteiger partial charge < -0.3 is 33.3 Å². The molecular formula is C70H125NO8. The summed E-state index contributed by atoms with van der Waals surface area (Å²) in [5, 5.41) is 11.8. The van der Waals surface area contributed by atoms with E-state index in [-0.39, 0.29) is 32.2 Å². The van der Waals surface area contributed by atoms with Gasteiger partial charge in [0.15, 0.2) is 12.4 Å². The number of carbonyl (C=O) groups excluding carboxylic acids is 3. The number of allylic oxidation sites excluding steroid dienone is 12. The smallest absolute Gasteiger partial charge is 0.306 e. The number of aliphatic carboxylic acids is 1. The van der Waals surface area contributed by atoms with Crippen molar-refractivity contribution >= 4 is 17.9 Å². The average molecular weight is 1110 g/mol. The molecular weight excluding hydrogens is 983 g/mol. The van der Waals surface area contributed by atoms with Crippen molar-refractivity contribution < 1.29 is 42.9 Å². The minimum atomic E-state index is -1.62. The molecule has 0 saturated carbocycles. The normalized spacial score (nSPS) is 13.2. The maximum atomic E-state index is 12.9. The van der Waals surface area contributed by atoms with Crippen LogP contribution in [0.2, 0.25) is 0 Å². The Morgan fingerprint density at radius 2 is 0.722 bits per heavy atom. The number of unbranched alkanes of at least 4 members (excludes halogenated alkanes) is 34. The summed E-state index contributed by atoms with van der Waals surface area (Å²) in [6.07, 6.45) is 76.8. The molecule has 0 bridgehead atoms. The summed E-state index contributed by atoms with van der Waals surface area (Å²) >= 11 is 0. The van der Waals surface area contributed by atoms with E-state index in [1.807, 2.05) is 21.1 Å². The van der Waals surface area contributed by atoms with E-state index in [0.29, 0.717) is 23.9 Å². The zero-order chi connectivity index (χ0) is 57.6. The summed E-state index contributed by atoms with van der Waals surface area (Å²) in [7, 11) is 5.93. The molecule has 0 aliphatic heterocycles. The zero-order valence-corrected chi connectivity index (χ0v) is 52.2. The molecule has 2 unspecified atom stereocenters. The third-order valence-corrected chi connectivity index (χ3v) is 14.5. The van der Waals surface area contributed by atoms with Gasteiger partial charge >= 0.3 is 11.9 Å². The van der Waals surface area contributed by atoms with E-state index < -0.39 is 24.3 Å². The van der Waals surface area contributed by atoms with Crippen LogP contribution in [0.4, 0.5) is 0 Å². The highest BCUT2D eigenvalue weighted by Crippen LogP contribution is 2.18. The number of carboxylic acids is 1. The predicted molar refractivity (Wildman–Crippen MR) is 334 cm³/mol. The molecule has 0 aromatic rings. The number of hydrogen-bond donors (Lipinski definition) is 0. The molecule has 2 atom stereocenters. The van der Waals surface area contributed by atoms with Crippen LogP contribution < -0.4 is 5.11 Å². The van der Waals surface area contributed by atoms with Crippen molar-refractivity contribution in [1.29, 1.82) is 0 Å². The van der Waals surface area contributed by atoms with Gasteiger partial charge in [-0.3, -0.25) is 9.59 Å². The van der Waals surface area contributed by atoms with Crippen molar-refractivity contribution in [2.24, 2.45) is 0 Å². The van der Waals surface area contributed by atoms with Crippen LogP contribution in [-0.4, -0.2) is 82.3 Å². The van der Waals surface area contributed by atoms with Crippen molar-refractivity contribution in [3.63, 3.8) is 0 Å². The third-order valence-electron chi connectivity index (χ3n) is 14.5. The van der Waals surface area contributed by atoms with Gasteiger partial charge in [0.25, 0.3) is 0 Å². The standard InChI is InChI=1S/C70H125NO8/c1-6-8-10-12-14-16-18-20-22-24-26-28-30-31-32-33-34-35-36-37-39-41-43-45-47-49-51-53-55-57-59-61-68(73)79-66(65-78-70(69(74)75)76-63-62-71(3,4)5)64-77-67(72)60-58-56-54-52-50-48-46-44-42-40-38-29-27-25-23-21-19-17-15-13-11-9-7-2/h8,10,14,16,20,22,26,28,31-32,34-35,66,70H,6-7,9,11-13,15,17-19,21,23-25,27,29-30,33,36-65H2,1-5H3/b10-8-,16-14-,22-20-,28-26-,32-31-,35-34-. The summed E-state index contributed by atoms with van der Waals surface area (Å²) in [5.41, 5.74) is 0. The molecule has 0 aromatic heterocycles. The van der Waals surface area contributed by atoms with Crippen molar-refractivity contribution in [2.75, 3.05) is 47.5 Å². The molecule has 0 N–H and O–H groups in total. The molecule has 0 radical (unpaired) electrons. The van der Waals surface area contributed by atoms with Gasteiger partial charge in [0.05, 0.1) is 40.3 Å². The fourth-order valence-electron chi connectivity index (χ4n) is 9.43. The highest BCUT2D eigenvalue weighted by molar-refractivity contribution is 5.70. The summed E-state index contributed by atoms with van der Waals surface area (Å²) in [6, 6.07) is 0. The number of rotatable bonds is 61. The highest BCUT2D eigenvalue weighted by Gasteiger charge is 2.22. The van der Waals surface area contributed by atoms with Gasteiger partial charge in [-0.2, -0.15) is 0 Å². The van der Waals surface area contributed by atoms with E-state index in [0.717, 1.165) is 77.0 Å². The van der Waals surface area contributed by atoms with Gasteiger partial charge in [0, 0.05) is 12.8 Å². The van der Waals surface area contributed by atoms with E-state index in [1.165, 1.54) is 186 Å². The Morgan fingerprint density at radius 1 is 0.392 bits per heavy atom. The molecule has 0 spiro atoms. The SMILES string of the molecule is CC/C=C\C/C=C\C/C=C\C/C=C\C/C=C\C/C=C\CCCCCCCCCCCCCCC(=O)OC(COC(=O)CCCCCCCCCCCCCCCCCCCCCCCCC)COC(OCC[N+](C)(C)C)C(=O)[O-]. The van der Waals surface area contributed by atoms with Crippen LogP contribution in [0, 0.1) is 0 Å². The van der Waals surface area contributed by atoms with Crippen LogP contribution in [0.3, 0.4) is 0 Å². The van der Waals surface area contributed by atoms with Crippen molar-refractivity contribution in [1.82, 2.24) is 0 Å². The van der Waals surface area contributed by atoms with Crippen molar-refractivity contribution in [2.45, 2.75) is 309 Å². The minimum Gasteiger partial charge on any atom is -0.545 e. The van der Waals surface area contributed by atoms with Crippen LogP contribution in [0.15, 0.2) is 72.9 Å². The molecule has 0 aliphatic carbocycles. The monoisotopic (exact) mass is 1110 g/mol. The number of carboxylic acid groups (broad SMARTS) is 1. The number of nitrogens with zero attached hydrogens (tertiary/aromatic N) is 1. The van der Waals surface area contributed by atoms with Crippen LogP contribution in [0.25, 0.3) is 0 Å². The average Bonchev–Trinajstić information content (AvgIpc) is 3.42. The lowest BCUT2D eigenvalue weighted by Crippen LogP contribution is -2.44. The summed E-state index contributed by atoms with van der Waals surface area (Å²) < 4.78 is 22.8. The largest absolute Gasteiger partial charge is 0.545 e. The zero-order valence-electron chi connectivity index (χ0n) is 52.2. The highest BCUT2D eigenvalue weighted by atomic mass is 16.7. The second-order valence-corrected chi connectivity index (χ2v) is 23.4. The first kappa shape index (κ1) is 75.7. The lowest BCUT2D eigenvalue weighted by atomic mass is 10.0. The Hall–Kier alpha value is -3.27. The van der Waals surface area contributed by atoms with Crippen LogP contribution in [-0.2, 0) is 33.3 Å². The van der Waals surface area contributed by atoms with Crippen molar-refractivity contribution in [3.8, 4) is 0 Å². The molecule has 0 amide bonds. The van der Waals surface area contributed by atoms with Crippen LogP contribution >= 0.6 is 0 Å². The molecule has 0 saturated heterocycles.